The molecule has 6 heteroatoms. The van der Waals surface area contributed by atoms with Gasteiger partial charge in [-0.25, -0.2) is 0 Å². The third kappa shape index (κ3) is 3.31. The van der Waals surface area contributed by atoms with Crippen molar-refractivity contribution in [3.05, 3.63) is 75.9 Å². The first-order valence-electron chi connectivity index (χ1n) is 9.07. The molecule has 3 aromatic rings. The molecule has 1 aliphatic heterocycles. The second-order valence-electron chi connectivity index (χ2n) is 6.69. The van der Waals surface area contributed by atoms with Gasteiger partial charge in [0.2, 0.25) is 5.91 Å². The van der Waals surface area contributed by atoms with Crippen molar-refractivity contribution in [2.24, 2.45) is 4.99 Å². The maximum absolute atomic E-state index is 13.0. The second kappa shape index (κ2) is 7.56. The van der Waals surface area contributed by atoms with Crippen LogP contribution in [-0.2, 0) is 11.3 Å². The summed E-state index contributed by atoms with van der Waals surface area (Å²) in [7, 11) is 1.65. The number of aromatic nitrogens is 1. The predicted molar refractivity (Wildman–Crippen MR) is 113 cm³/mol. The van der Waals surface area contributed by atoms with Gasteiger partial charge >= 0.3 is 0 Å². The van der Waals surface area contributed by atoms with Crippen LogP contribution in [0.25, 0.3) is 0 Å². The Morgan fingerprint density at radius 2 is 1.82 bits per heavy atom. The number of benzene rings is 1. The number of methoxy groups -OCH3 is 1. The van der Waals surface area contributed by atoms with Crippen molar-refractivity contribution in [3.8, 4) is 5.75 Å². The van der Waals surface area contributed by atoms with Gasteiger partial charge in [-0.2, -0.15) is 0 Å². The summed E-state index contributed by atoms with van der Waals surface area (Å²) in [6, 6.07) is 11.7. The van der Waals surface area contributed by atoms with E-state index in [0.717, 1.165) is 33.2 Å². The highest BCUT2D eigenvalue weighted by Crippen LogP contribution is 2.39. The van der Waals surface area contributed by atoms with E-state index in [-0.39, 0.29) is 12.5 Å². The molecule has 1 amide bonds. The third-order valence-corrected chi connectivity index (χ3v) is 6.21. The van der Waals surface area contributed by atoms with Crippen molar-refractivity contribution >= 4 is 28.0 Å². The molecule has 0 saturated heterocycles. The number of ether oxygens (including phenoxy) is 1. The SMILES string of the molecule is COc1ccc(C2=NCC(=O)N(Cc3ccncc3)c3sc(C)c(C)c32)cc1. The molecule has 0 radical (unpaired) electrons. The lowest BCUT2D eigenvalue weighted by Crippen LogP contribution is -2.31. The zero-order valence-electron chi connectivity index (χ0n) is 16.1. The zero-order valence-corrected chi connectivity index (χ0v) is 16.9. The molecule has 0 fully saturated rings. The minimum absolute atomic E-state index is 0.00261. The average molecular weight is 391 g/mol. The van der Waals surface area contributed by atoms with Crippen LogP contribution in [0, 0.1) is 13.8 Å². The van der Waals surface area contributed by atoms with Gasteiger partial charge in [-0.05, 0) is 61.4 Å². The summed E-state index contributed by atoms with van der Waals surface area (Å²) >= 11 is 1.65. The lowest BCUT2D eigenvalue weighted by molar-refractivity contribution is -0.117. The number of nitrogens with zero attached hydrogens (tertiary/aromatic N) is 3. The molecule has 5 nitrogen and oxygen atoms in total. The first-order chi connectivity index (χ1) is 13.6. The molecule has 142 valence electrons. The van der Waals surface area contributed by atoms with Crippen molar-refractivity contribution in [1.82, 2.24) is 4.98 Å². The van der Waals surface area contributed by atoms with Crippen LogP contribution in [0.3, 0.4) is 0 Å². The molecule has 1 aliphatic rings. The van der Waals surface area contributed by atoms with Gasteiger partial charge in [0.05, 0.1) is 19.4 Å². The van der Waals surface area contributed by atoms with E-state index in [0.29, 0.717) is 6.54 Å². The Morgan fingerprint density at radius 1 is 1.11 bits per heavy atom. The monoisotopic (exact) mass is 391 g/mol. The molecule has 0 bridgehead atoms. The van der Waals surface area contributed by atoms with Crippen LogP contribution in [0.4, 0.5) is 5.00 Å². The highest BCUT2D eigenvalue weighted by atomic mass is 32.1. The number of aliphatic imine (C=N–C) groups is 1. The first-order valence-corrected chi connectivity index (χ1v) is 9.88. The Hall–Kier alpha value is -2.99. The van der Waals surface area contributed by atoms with E-state index in [1.54, 1.807) is 30.8 Å². The van der Waals surface area contributed by atoms with Gasteiger partial charge in [0, 0.05) is 28.4 Å². The van der Waals surface area contributed by atoms with Crippen molar-refractivity contribution in [3.63, 3.8) is 0 Å². The van der Waals surface area contributed by atoms with E-state index in [1.807, 2.05) is 41.3 Å². The lowest BCUT2D eigenvalue weighted by atomic mass is 9.99. The summed E-state index contributed by atoms with van der Waals surface area (Å²) in [5.74, 6) is 0.801. The molecule has 0 N–H and O–H groups in total. The zero-order chi connectivity index (χ0) is 19.7. The molecule has 0 spiro atoms. The van der Waals surface area contributed by atoms with Gasteiger partial charge in [0.25, 0.3) is 0 Å². The van der Waals surface area contributed by atoms with Crippen molar-refractivity contribution in [2.75, 3.05) is 18.6 Å². The average Bonchev–Trinajstić information content (AvgIpc) is 2.94. The molecule has 2 aromatic heterocycles. The van der Waals surface area contributed by atoms with Crippen molar-refractivity contribution < 1.29 is 9.53 Å². The van der Waals surface area contributed by atoms with Gasteiger partial charge < -0.3 is 4.74 Å². The quantitative estimate of drug-likeness (QED) is 0.671. The Morgan fingerprint density at radius 3 is 2.50 bits per heavy atom. The van der Waals surface area contributed by atoms with Gasteiger partial charge in [-0.1, -0.05) is 0 Å². The summed E-state index contributed by atoms with van der Waals surface area (Å²) in [4.78, 5) is 24.8. The molecular weight excluding hydrogens is 370 g/mol. The number of anilines is 1. The molecule has 0 aliphatic carbocycles. The Bertz CT molecular complexity index is 1040. The van der Waals surface area contributed by atoms with Crippen LogP contribution in [0.15, 0.2) is 53.8 Å². The van der Waals surface area contributed by atoms with Crippen LogP contribution >= 0.6 is 11.3 Å². The van der Waals surface area contributed by atoms with E-state index in [2.05, 4.69) is 18.8 Å². The number of carbonyl (C=O) groups excluding carboxylic acids is 1. The number of hydrogen-bond acceptors (Lipinski definition) is 5. The molecule has 28 heavy (non-hydrogen) atoms. The van der Waals surface area contributed by atoms with Crippen LogP contribution in [0.1, 0.15) is 27.1 Å². The molecule has 3 heterocycles. The number of rotatable bonds is 4. The fraction of sp³-hybridized carbons (Fsp3) is 0.227. The number of pyridine rings is 1. The Balaban J connectivity index is 1.81. The van der Waals surface area contributed by atoms with Crippen LogP contribution in [0.2, 0.25) is 0 Å². The summed E-state index contributed by atoms with van der Waals surface area (Å²) in [6.45, 7) is 4.84. The van der Waals surface area contributed by atoms with E-state index in [9.17, 15) is 4.79 Å². The molecule has 0 unspecified atom stereocenters. The predicted octanol–water partition coefficient (Wildman–Crippen LogP) is 4.15. The fourth-order valence-electron chi connectivity index (χ4n) is 3.32. The fourth-order valence-corrected chi connectivity index (χ4v) is 4.49. The summed E-state index contributed by atoms with van der Waals surface area (Å²) in [6.07, 6.45) is 3.51. The van der Waals surface area contributed by atoms with E-state index >= 15 is 0 Å². The molecule has 0 saturated carbocycles. The maximum atomic E-state index is 13.0. The van der Waals surface area contributed by atoms with Gasteiger partial charge in [-0.3, -0.25) is 19.7 Å². The largest absolute Gasteiger partial charge is 0.497 e. The maximum Gasteiger partial charge on any atom is 0.249 e. The molecule has 0 atom stereocenters. The Labute approximate surface area is 168 Å². The smallest absolute Gasteiger partial charge is 0.249 e. The Kier molecular flexibility index (Phi) is 4.96. The molecular formula is C22H21N3O2S. The number of thiophene rings is 1. The van der Waals surface area contributed by atoms with Crippen LogP contribution < -0.4 is 9.64 Å². The van der Waals surface area contributed by atoms with E-state index in [1.165, 1.54) is 10.4 Å². The molecule has 4 rings (SSSR count). The first kappa shape index (κ1) is 18.4. The van der Waals surface area contributed by atoms with Crippen LogP contribution in [0.5, 0.6) is 5.75 Å². The van der Waals surface area contributed by atoms with Crippen molar-refractivity contribution in [2.45, 2.75) is 20.4 Å². The normalized spacial score (nSPS) is 13.8. The second-order valence-corrected chi connectivity index (χ2v) is 7.90. The number of aryl methyl sites for hydroxylation is 1. The standard InChI is InChI=1S/C22H21N3O2S/c1-14-15(2)28-22-20(14)21(17-4-6-18(27-3)7-5-17)24-12-19(26)25(22)13-16-8-10-23-11-9-16/h4-11H,12-13H2,1-3H3. The highest BCUT2D eigenvalue weighted by molar-refractivity contribution is 7.17. The number of amides is 1. The minimum atomic E-state index is 0.00261. The number of carbonyl (C=O) groups is 1. The number of fused-ring (bicyclic) bond motifs is 1. The highest BCUT2D eigenvalue weighted by Gasteiger charge is 2.29. The van der Waals surface area contributed by atoms with Crippen molar-refractivity contribution in [1.29, 1.82) is 0 Å². The van der Waals surface area contributed by atoms with E-state index < -0.39 is 0 Å². The van der Waals surface area contributed by atoms with Crippen LogP contribution in [-0.4, -0.2) is 30.3 Å². The minimum Gasteiger partial charge on any atom is -0.497 e. The summed E-state index contributed by atoms with van der Waals surface area (Å²) in [5, 5.41) is 0.962. The topological polar surface area (TPSA) is 54.8 Å². The molecule has 1 aromatic carbocycles. The van der Waals surface area contributed by atoms with E-state index in [4.69, 9.17) is 9.73 Å². The summed E-state index contributed by atoms with van der Waals surface area (Å²) < 4.78 is 5.27. The van der Waals surface area contributed by atoms with Gasteiger partial charge in [0.15, 0.2) is 0 Å². The van der Waals surface area contributed by atoms with Gasteiger partial charge in [-0.15, -0.1) is 11.3 Å². The lowest BCUT2D eigenvalue weighted by Gasteiger charge is -2.20. The summed E-state index contributed by atoms with van der Waals surface area (Å²) in [5.41, 5.74) is 5.12. The number of hydrogen-bond donors (Lipinski definition) is 0. The third-order valence-electron chi connectivity index (χ3n) is 4.98. The van der Waals surface area contributed by atoms with Gasteiger partial charge in [0.1, 0.15) is 17.3 Å².